The summed E-state index contributed by atoms with van der Waals surface area (Å²) in [5, 5.41) is 0. The lowest BCUT2D eigenvalue weighted by molar-refractivity contribution is -0.124. The molecule has 0 spiro atoms. The molecule has 0 fully saturated rings. The lowest BCUT2D eigenvalue weighted by Gasteiger charge is -2.33. The van der Waals surface area contributed by atoms with Crippen molar-refractivity contribution in [2.24, 2.45) is 0 Å². The molecular weight excluding hydrogens is 214 g/mol. The SMILES string of the molecule is CCCCCCCC[Si](C)(C)N(C)C(C)=O. The van der Waals surface area contributed by atoms with Crippen LogP contribution in [0.2, 0.25) is 19.1 Å². The van der Waals surface area contributed by atoms with Gasteiger partial charge < -0.3 is 4.57 Å². The largest absolute Gasteiger partial charge is 0.373 e. The second-order valence-electron chi connectivity index (χ2n) is 5.41. The molecule has 0 aromatic heterocycles. The summed E-state index contributed by atoms with van der Waals surface area (Å²) in [6.45, 7) is 8.51. The van der Waals surface area contributed by atoms with Crippen LogP contribution in [0.25, 0.3) is 0 Å². The summed E-state index contributed by atoms with van der Waals surface area (Å²) in [6.07, 6.45) is 8.05. The van der Waals surface area contributed by atoms with Crippen LogP contribution in [-0.4, -0.2) is 25.8 Å². The Bertz CT molecular complexity index is 204. The van der Waals surface area contributed by atoms with Crippen molar-refractivity contribution in [2.75, 3.05) is 7.05 Å². The van der Waals surface area contributed by atoms with Gasteiger partial charge in [0.05, 0.1) is 0 Å². The van der Waals surface area contributed by atoms with Crippen molar-refractivity contribution in [2.45, 2.75) is 71.5 Å². The maximum Gasteiger partial charge on any atom is 0.211 e. The van der Waals surface area contributed by atoms with Crippen LogP contribution in [0.3, 0.4) is 0 Å². The highest BCUT2D eigenvalue weighted by atomic mass is 28.3. The van der Waals surface area contributed by atoms with Gasteiger partial charge in [0, 0.05) is 14.0 Å². The molecule has 0 aromatic carbocycles. The van der Waals surface area contributed by atoms with Gasteiger partial charge in [0.1, 0.15) is 0 Å². The van der Waals surface area contributed by atoms with Crippen LogP contribution in [-0.2, 0) is 4.79 Å². The maximum absolute atomic E-state index is 11.3. The first kappa shape index (κ1) is 15.7. The fraction of sp³-hybridized carbons (Fsp3) is 0.923. The van der Waals surface area contributed by atoms with Crippen molar-refractivity contribution in [3.05, 3.63) is 0 Å². The van der Waals surface area contributed by atoms with Crippen LogP contribution in [0.15, 0.2) is 0 Å². The molecule has 0 aliphatic heterocycles. The van der Waals surface area contributed by atoms with Crippen LogP contribution in [0.4, 0.5) is 0 Å². The molecule has 0 rings (SSSR count). The standard InChI is InChI=1S/C13H29NOSi/c1-6-7-8-9-10-11-12-16(4,5)14(3)13(2)15/h6-12H2,1-5H3. The average molecular weight is 243 g/mol. The summed E-state index contributed by atoms with van der Waals surface area (Å²) in [6, 6.07) is 1.25. The highest BCUT2D eigenvalue weighted by Gasteiger charge is 2.27. The number of unbranched alkanes of at least 4 members (excludes halogenated alkanes) is 5. The van der Waals surface area contributed by atoms with Crippen molar-refractivity contribution in [1.29, 1.82) is 0 Å². The average Bonchev–Trinajstić information content (AvgIpc) is 2.22. The van der Waals surface area contributed by atoms with Gasteiger partial charge in [-0.05, 0) is 6.04 Å². The number of amides is 1. The molecule has 0 radical (unpaired) electrons. The van der Waals surface area contributed by atoms with E-state index in [1.54, 1.807) is 6.92 Å². The molecule has 16 heavy (non-hydrogen) atoms. The van der Waals surface area contributed by atoms with Crippen molar-refractivity contribution in [3.8, 4) is 0 Å². The Morgan fingerprint density at radius 2 is 1.56 bits per heavy atom. The molecule has 0 aromatic rings. The van der Waals surface area contributed by atoms with E-state index >= 15 is 0 Å². The highest BCUT2D eigenvalue weighted by Crippen LogP contribution is 2.18. The molecule has 0 unspecified atom stereocenters. The molecule has 0 atom stereocenters. The lowest BCUT2D eigenvalue weighted by Crippen LogP contribution is -2.48. The summed E-state index contributed by atoms with van der Waals surface area (Å²) < 4.78 is 2.00. The minimum Gasteiger partial charge on any atom is -0.373 e. The predicted octanol–water partition coefficient (Wildman–Crippen LogP) is 4.03. The van der Waals surface area contributed by atoms with Gasteiger partial charge in [-0.15, -0.1) is 0 Å². The second kappa shape index (κ2) is 7.88. The number of carbonyl (C=O) groups is 1. The molecule has 1 amide bonds. The Morgan fingerprint density at radius 3 is 2.06 bits per heavy atom. The third-order valence-electron chi connectivity index (χ3n) is 3.52. The summed E-state index contributed by atoms with van der Waals surface area (Å²) in [5.41, 5.74) is 0. The Balaban J connectivity index is 3.70. The molecular formula is C13H29NOSi. The fourth-order valence-electron chi connectivity index (χ4n) is 1.93. The zero-order valence-electron chi connectivity index (χ0n) is 11.8. The molecule has 0 saturated carbocycles. The highest BCUT2D eigenvalue weighted by molar-refractivity contribution is 6.76. The Hall–Kier alpha value is -0.313. The van der Waals surface area contributed by atoms with Crippen LogP contribution in [0, 0.1) is 0 Å². The molecule has 96 valence electrons. The number of rotatable bonds is 8. The normalized spacial score (nSPS) is 11.6. The van der Waals surface area contributed by atoms with Gasteiger partial charge in [-0.25, -0.2) is 0 Å². The van der Waals surface area contributed by atoms with E-state index in [2.05, 4.69) is 20.0 Å². The smallest absolute Gasteiger partial charge is 0.211 e. The van der Waals surface area contributed by atoms with Gasteiger partial charge in [-0.3, -0.25) is 4.79 Å². The number of hydrogen-bond donors (Lipinski definition) is 0. The quantitative estimate of drug-likeness (QED) is 0.465. The molecule has 0 aliphatic carbocycles. The second-order valence-corrected chi connectivity index (χ2v) is 10.2. The van der Waals surface area contributed by atoms with Gasteiger partial charge in [-0.2, -0.15) is 0 Å². The fourth-order valence-corrected chi connectivity index (χ4v) is 4.23. The monoisotopic (exact) mass is 243 g/mol. The van der Waals surface area contributed by atoms with Crippen LogP contribution in [0.1, 0.15) is 52.4 Å². The number of nitrogens with zero attached hydrogens (tertiary/aromatic N) is 1. The van der Waals surface area contributed by atoms with E-state index in [1.165, 1.54) is 44.6 Å². The van der Waals surface area contributed by atoms with Gasteiger partial charge in [0.2, 0.25) is 5.91 Å². The third kappa shape index (κ3) is 6.31. The molecule has 3 heteroatoms. The summed E-state index contributed by atoms with van der Waals surface area (Å²) in [5.74, 6) is 0.225. The van der Waals surface area contributed by atoms with E-state index in [4.69, 9.17) is 0 Å². The first-order chi connectivity index (χ1) is 7.41. The predicted molar refractivity (Wildman–Crippen MR) is 74.1 cm³/mol. The van der Waals surface area contributed by atoms with E-state index in [0.29, 0.717) is 0 Å². The molecule has 0 N–H and O–H groups in total. The first-order valence-corrected chi connectivity index (χ1v) is 9.81. The van der Waals surface area contributed by atoms with Crippen LogP contribution < -0.4 is 0 Å². The van der Waals surface area contributed by atoms with Crippen LogP contribution >= 0.6 is 0 Å². The summed E-state index contributed by atoms with van der Waals surface area (Å²) >= 11 is 0. The first-order valence-electron chi connectivity index (χ1n) is 6.66. The minimum atomic E-state index is -1.45. The van der Waals surface area contributed by atoms with Crippen molar-refractivity contribution in [1.82, 2.24) is 4.57 Å². The van der Waals surface area contributed by atoms with Gasteiger partial charge in [0.15, 0.2) is 8.24 Å². The molecule has 0 bridgehead atoms. The Kier molecular flexibility index (Phi) is 7.72. The number of hydrogen-bond acceptors (Lipinski definition) is 1. The molecule has 0 aliphatic rings. The van der Waals surface area contributed by atoms with E-state index in [-0.39, 0.29) is 5.91 Å². The van der Waals surface area contributed by atoms with Gasteiger partial charge in [0.25, 0.3) is 0 Å². The molecule has 0 heterocycles. The van der Waals surface area contributed by atoms with Gasteiger partial charge >= 0.3 is 0 Å². The van der Waals surface area contributed by atoms with Crippen molar-refractivity contribution >= 4 is 14.1 Å². The Labute approximate surface area is 103 Å². The number of carbonyl (C=O) groups excluding carboxylic acids is 1. The lowest BCUT2D eigenvalue weighted by atomic mass is 10.1. The molecule has 2 nitrogen and oxygen atoms in total. The topological polar surface area (TPSA) is 20.3 Å². The van der Waals surface area contributed by atoms with Crippen molar-refractivity contribution in [3.63, 3.8) is 0 Å². The summed E-state index contributed by atoms with van der Waals surface area (Å²) in [7, 11) is 0.509. The minimum absolute atomic E-state index is 0.225. The van der Waals surface area contributed by atoms with E-state index in [9.17, 15) is 4.79 Å². The van der Waals surface area contributed by atoms with Crippen molar-refractivity contribution < 1.29 is 4.79 Å². The summed E-state index contributed by atoms with van der Waals surface area (Å²) in [4.78, 5) is 11.3. The zero-order valence-corrected chi connectivity index (χ0v) is 12.8. The van der Waals surface area contributed by atoms with E-state index < -0.39 is 8.24 Å². The molecule has 0 saturated heterocycles. The van der Waals surface area contributed by atoms with Crippen LogP contribution in [0.5, 0.6) is 0 Å². The zero-order chi connectivity index (χ0) is 12.6. The van der Waals surface area contributed by atoms with E-state index in [0.717, 1.165) is 0 Å². The Morgan fingerprint density at radius 1 is 1.06 bits per heavy atom. The third-order valence-corrected chi connectivity index (χ3v) is 7.23. The van der Waals surface area contributed by atoms with Gasteiger partial charge in [-0.1, -0.05) is 58.5 Å². The van der Waals surface area contributed by atoms with E-state index in [1.807, 2.05) is 11.6 Å². The maximum atomic E-state index is 11.3.